The molecule has 0 aromatic heterocycles. The molecule has 0 aliphatic carbocycles. The van der Waals surface area contributed by atoms with Gasteiger partial charge in [0.15, 0.2) is 0 Å². The number of carboxylic acid groups (broad SMARTS) is 1. The van der Waals surface area contributed by atoms with Crippen LogP contribution < -0.4 is 4.74 Å². The number of methoxy groups -OCH3 is 1. The minimum atomic E-state index is -0.986. The van der Waals surface area contributed by atoms with E-state index >= 15 is 0 Å². The highest BCUT2D eigenvalue weighted by atomic mass is 16.5. The molecule has 2 aromatic rings. The average molecular weight is 270 g/mol. The molecule has 2 aromatic carbocycles. The molecule has 0 bridgehead atoms. The van der Waals surface area contributed by atoms with Gasteiger partial charge in [0.25, 0.3) is 0 Å². The fourth-order valence-electron chi connectivity index (χ4n) is 2.13. The monoisotopic (exact) mass is 270 g/mol. The van der Waals surface area contributed by atoms with Crippen LogP contribution >= 0.6 is 0 Å². The highest BCUT2D eigenvalue weighted by Crippen LogP contribution is 2.35. The molecule has 104 valence electrons. The summed E-state index contributed by atoms with van der Waals surface area (Å²) in [6.45, 7) is 3.35. The summed E-state index contributed by atoms with van der Waals surface area (Å²) in [7, 11) is 1.56. The van der Waals surface area contributed by atoms with Crippen molar-refractivity contribution in [1.82, 2.24) is 0 Å². The molecule has 0 heterocycles. The molecule has 0 saturated carbocycles. The zero-order valence-corrected chi connectivity index (χ0v) is 11.9. The maximum absolute atomic E-state index is 11.4. The van der Waals surface area contributed by atoms with Gasteiger partial charge in [-0.15, -0.1) is 0 Å². The van der Waals surface area contributed by atoms with Crippen molar-refractivity contribution in [1.29, 1.82) is 0 Å². The lowest BCUT2D eigenvalue weighted by molar-refractivity contribution is -0.142. The third-order valence-corrected chi connectivity index (χ3v) is 3.52. The van der Waals surface area contributed by atoms with Gasteiger partial charge >= 0.3 is 5.97 Å². The van der Waals surface area contributed by atoms with Crippen molar-refractivity contribution in [3.05, 3.63) is 54.1 Å². The minimum Gasteiger partial charge on any atom is -0.496 e. The van der Waals surface area contributed by atoms with Crippen LogP contribution in [0.3, 0.4) is 0 Å². The van der Waals surface area contributed by atoms with E-state index in [-0.39, 0.29) is 0 Å². The zero-order valence-electron chi connectivity index (χ0n) is 11.9. The van der Waals surface area contributed by atoms with E-state index in [0.29, 0.717) is 11.3 Å². The number of rotatable bonds is 4. The third-order valence-electron chi connectivity index (χ3n) is 3.52. The number of ether oxygens (including phenoxy) is 1. The van der Waals surface area contributed by atoms with E-state index in [1.165, 1.54) is 0 Å². The summed E-state index contributed by atoms with van der Waals surface area (Å²) < 4.78 is 5.38. The van der Waals surface area contributed by atoms with Gasteiger partial charge in [0.2, 0.25) is 0 Å². The van der Waals surface area contributed by atoms with Crippen LogP contribution in [0.2, 0.25) is 0 Å². The molecule has 0 radical (unpaired) electrons. The summed E-state index contributed by atoms with van der Waals surface area (Å²) in [6.07, 6.45) is 0. The molecular formula is C17H18O3. The van der Waals surface area contributed by atoms with E-state index in [9.17, 15) is 9.90 Å². The van der Waals surface area contributed by atoms with Gasteiger partial charge in [-0.25, -0.2) is 0 Å². The predicted molar refractivity (Wildman–Crippen MR) is 79.1 cm³/mol. The molecule has 3 heteroatoms. The summed E-state index contributed by atoms with van der Waals surface area (Å²) in [4.78, 5) is 11.4. The molecular weight excluding hydrogens is 252 g/mol. The molecule has 0 spiro atoms. The average Bonchev–Trinajstić information content (AvgIpc) is 2.47. The summed E-state index contributed by atoms with van der Waals surface area (Å²) >= 11 is 0. The normalized spacial score (nSPS) is 11.2. The van der Waals surface area contributed by atoms with Gasteiger partial charge in [0, 0.05) is 5.56 Å². The van der Waals surface area contributed by atoms with Crippen molar-refractivity contribution in [2.24, 2.45) is 0 Å². The zero-order chi connectivity index (χ0) is 14.8. The van der Waals surface area contributed by atoms with Gasteiger partial charge < -0.3 is 9.84 Å². The number of carbonyl (C=O) groups is 1. The summed E-state index contributed by atoms with van der Waals surface area (Å²) in [5.41, 5.74) is 1.77. The standard InChI is InChI=1S/C17H18O3/c1-17(2,16(18)19)14-10-9-13(11-15(14)20-3)12-7-5-4-6-8-12/h4-11H,1-3H3,(H,18,19). The highest BCUT2D eigenvalue weighted by Gasteiger charge is 2.32. The van der Waals surface area contributed by atoms with Gasteiger partial charge in [0.1, 0.15) is 5.75 Å². The Morgan fingerprint density at radius 1 is 1.05 bits per heavy atom. The Balaban J connectivity index is 2.52. The Kier molecular flexibility index (Phi) is 3.79. The first-order valence-corrected chi connectivity index (χ1v) is 6.44. The molecule has 1 N–H and O–H groups in total. The van der Waals surface area contributed by atoms with Gasteiger partial charge in [-0.1, -0.05) is 42.5 Å². The van der Waals surface area contributed by atoms with E-state index in [1.54, 1.807) is 21.0 Å². The first kappa shape index (κ1) is 14.1. The summed E-state index contributed by atoms with van der Waals surface area (Å²) in [5.74, 6) is -0.276. The van der Waals surface area contributed by atoms with Gasteiger partial charge in [-0.05, 0) is 31.0 Å². The van der Waals surface area contributed by atoms with Gasteiger partial charge in [-0.3, -0.25) is 4.79 Å². The molecule has 2 rings (SSSR count). The molecule has 0 aliphatic rings. The van der Waals surface area contributed by atoms with Crippen LogP contribution in [0.15, 0.2) is 48.5 Å². The van der Waals surface area contributed by atoms with Crippen LogP contribution in [-0.4, -0.2) is 18.2 Å². The number of hydrogen-bond acceptors (Lipinski definition) is 2. The van der Waals surface area contributed by atoms with Gasteiger partial charge in [-0.2, -0.15) is 0 Å². The Morgan fingerprint density at radius 3 is 2.25 bits per heavy atom. The van der Waals surface area contributed by atoms with Crippen molar-refractivity contribution in [3.63, 3.8) is 0 Å². The molecule has 20 heavy (non-hydrogen) atoms. The van der Waals surface area contributed by atoms with Crippen molar-refractivity contribution in [2.45, 2.75) is 19.3 Å². The first-order valence-electron chi connectivity index (χ1n) is 6.44. The van der Waals surface area contributed by atoms with Crippen molar-refractivity contribution >= 4 is 5.97 Å². The molecule has 0 aliphatic heterocycles. The lowest BCUT2D eigenvalue weighted by Crippen LogP contribution is -2.29. The van der Waals surface area contributed by atoms with E-state index in [4.69, 9.17) is 4.74 Å². The fraction of sp³-hybridized carbons (Fsp3) is 0.235. The summed E-state index contributed by atoms with van der Waals surface area (Å²) in [6, 6.07) is 15.6. The Hall–Kier alpha value is -2.29. The quantitative estimate of drug-likeness (QED) is 0.921. The number of carboxylic acids is 1. The number of hydrogen-bond donors (Lipinski definition) is 1. The second kappa shape index (κ2) is 5.37. The van der Waals surface area contributed by atoms with E-state index in [0.717, 1.165) is 11.1 Å². The second-order valence-corrected chi connectivity index (χ2v) is 5.21. The lowest BCUT2D eigenvalue weighted by atomic mass is 9.83. The fourth-order valence-corrected chi connectivity index (χ4v) is 2.13. The number of aliphatic carboxylic acids is 1. The van der Waals surface area contributed by atoms with Crippen molar-refractivity contribution < 1.29 is 14.6 Å². The molecule has 0 saturated heterocycles. The second-order valence-electron chi connectivity index (χ2n) is 5.21. The summed E-state index contributed by atoms with van der Waals surface area (Å²) in [5, 5.41) is 9.35. The van der Waals surface area contributed by atoms with Crippen LogP contribution in [0.5, 0.6) is 5.75 Å². The molecule has 0 unspecified atom stereocenters. The van der Waals surface area contributed by atoms with Crippen molar-refractivity contribution in [3.8, 4) is 16.9 Å². The van der Waals surface area contributed by atoms with Gasteiger partial charge in [0.05, 0.1) is 12.5 Å². The molecule has 0 fully saturated rings. The molecule has 0 atom stereocenters. The van der Waals surface area contributed by atoms with Crippen molar-refractivity contribution in [2.75, 3.05) is 7.11 Å². The van der Waals surface area contributed by atoms with E-state index in [2.05, 4.69) is 0 Å². The lowest BCUT2D eigenvalue weighted by Gasteiger charge is -2.23. The minimum absolute atomic E-state index is 0.596. The van der Waals surface area contributed by atoms with Crippen LogP contribution in [0.1, 0.15) is 19.4 Å². The highest BCUT2D eigenvalue weighted by molar-refractivity contribution is 5.82. The first-order chi connectivity index (χ1) is 9.46. The van der Waals surface area contributed by atoms with Crippen LogP contribution in [0.4, 0.5) is 0 Å². The topological polar surface area (TPSA) is 46.5 Å². The van der Waals surface area contributed by atoms with E-state index < -0.39 is 11.4 Å². The Labute approximate surface area is 118 Å². The SMILES string of the molecule is COc1cc(-c2ccccc2)ccc1C(C)(C)C(=O)O. The smallest absolute Gasteiger partial charge is 0.313 e. The largest absolute Gasteiger partial charge is 0.496 e. The van der Waals surface area contributed by atoms with Crippen LogP contribution in [0, 0.1) is 0 Å². The third kappa shape index (κ3) is 2.52. The van der Waals surface area contributed by atoms with E-state index in [1.807, 2.05) is 48.5 Å². The number of benzene rings is 2. The maximum atomic E-state index is 11.4. The van der Waals surface area contributed by atoms with Crippen LogP contribution in [-0.2, 0) is 10.2 Å². The maximum Gasteiger partial charge on any atom is 0.313 e. The Bertz CT molecular complexity index is 615. The Morgan fingerprint density at radius 2 is 1.70 bits per heavy atom. The molecule has 3 nitrogen and oxygen atoms in total. The van der Waals surface area contributed by atoms with Crippen LogP contribution in [0.25, 0.3) is 11.1 Å². The predicted octanol–water partition coefficient (Wildman–Crippen LogP) is 3.72. The molecule has 0 amide bonds.